The number of rotatable bonds is 23. The molecule has 0 fully saturated rings. The molecule has 0 heterocycles. The van der Waals surface area contributed by atoms with E-state index in [4.69, 9.17) is 18.9 Å². The second-order valence-corrected chi connectivity index (χ2v) is 8.99. The van der Waals surface area contributed by atoms with Gasteiger partial charge in [-0.25, -0.2) is 0 Å². The van der Waals surface area contributed by atoms with Crippen LogP contribution in [0.25, 0.3) is 0 Å². The monoisotopic (exact) mass is 547 g/mol. The maximum Gasteiger partial charge on any atom is 0.299 e. The Balaban J connectivity index is 1.42. The van der Waals surface area contributed by atoms with Crippen LogP contribution in [-0.4, -0.2) is 62.6 Å². The van der Waals surface area contributed by atoms with E-state index >= 15 is 0 Å². The van der Waals surface area contributed by atoms with Crippen LogP contribution in [0.3, 0.4) is 0 Å². The minimum absolute atomic E-state index is 0.201. The minimum atomic E-state index is -0.671. The molecule has 0 aliphatic heterocycles. The summed E-state index contributed by atoms with van der Waals surface area (Å²) in [6.07, 6.45) is 8.94. The molecule has 0 spiro atoms. The molecule has 216 valence electrons. The number of unbranched alkanes of at least 4 members (excludes halogenated alkanes) is 5. The summed E-state index contributed by atoms with van der Waals surface area (Å²) >= 11 is 0. The second-order valence-electron chi connectivity index (χ2n) is 8.99. The summed E-state index contributed by atoms with van der Waals surface area (Å²) in [7, 11) is 0. The fourth-order valence-electron chi connectivity index (χ4n) is 3.81. The van der Waals surface area contributed by atoms with Crippen molar-refractivity contribution in [1.29, 1.82) is 0 Å². The van der Waals surface area contributed by atoms with Gasteiger partial charge in [0.05, 0.1) is 55.6 Å². The standard InChI is InChI=1S/C28H41N3O8/c1-2-3-4-5-6-7-8-24-9-12-26(13-10-24)39-22-21-38-20-19-37-18-17-36-16-15-29-27-14-11-25(30(32)33)23-28(27)31(34)35/h9-14,23,29H,2-8,15-22H2,1H3. The lowest BCUT2D eigenvalue weighted by molar-refractivity contribution is -0.393. The lowest BCUT2D eigenvalue weighted by Gasteiger charge is -2.09. The van der Waals surface area contributed by atoms with Gasteiger partial charge in [-0.15, -0.1) is 0 Å². The maximum absolute atomic E-state index is 11.1. The van der Waals surface area contributed by atoms with Crippen molar-refractivity contribution in [2.24, 2.45) is 0 Å². The molecule has 0 saturated carbocycles. The van der Waals surface area contributed by atoms with E-state index in [0.29, 0.717) is 52.8 Å². The van der Waals surface area contributed by atoms with Crippen LogP contribution in [0.1, 0.15) is 51.0 Å². The summed E-state index contributed by atoms with van der Waals surface area (Å²) in [5.74, 6) is 0.844. The molecule has 0 bridgehead atoms. The Bertz CT molecular complexity index is 972. The molecule has 1 N–H and O–H groups in total. The van der Waals surface area contributed by atoms with Crippen LogP contribution >= 0.6 is 0 Å². The van der Waals surface area contributed by atoms with E-state index in [-0.39, 0.29) is 17.1 Å². The lowest BCUT2D eigenvalue weighted by atomic mass is 10.0. The third-order valence-corrected chi connectivity index (χ3v) is 5.93. The quantitative estimate of drug-likeness (QED) is 0.102. The van der Waals surface area contributed by atoms with E-state index in [1.807, 2.05) is 12.1 Å². The molecule has 0 saturated heterocycles. The Morgan fingerprint density at radius 1 is 0.718 bits per heavy atom. The Morgan fingerprint density at radius 2 is 1.33 bits per heavy atom. The highest BCUT2D eigenvalue weighted by Gasteiger charge is 2.19. The fourth-order valence-corrected chi connectivity index (χ4v) is 3.81. The molecule has 11 heteroatoms. The van der Waals surface area contributed by atoms with Gasteiger partial charge in [0.25, 0.3) is 11.4 Å². The van der Waals surface area contributed by atoms with Crippen LogP contribution < -0.4 is 10.1 Å². The van der Waals surface area contributed by atoms with Crippen molar-refractivity contribution in [3.63, 3.8) is 0 Å². The predicted molar refractivity (Wildman–Crippen MR) is 150 cm³/mol. The number of aryl methyl sites for hydroxylation is 1. The molecular weight excluding hydrogens is 506 g/mol. The van der Waals surface area contributed by atoms with Gasteiger partial charge in [0, 0.05) is 12.6 Å². The molecule has 11 nitrogen and oxygen atoms in total. The minimum Gasteiger partial charge on any atom is -0.491 e. The number of hydrogen-bond donors (Lipinski definition) is 1. The molecule has 0 radical (unpaired) electrons. The first-order valence-corrected chi connectivity index (χ1v) is 13.6. The van der Waals surface area contributed by atoms with E-state index in [1.165, 1.54) is 56.2 Å². The summed E-state index contributed by atoms with van der Waals surface area (Å²) in [4.78, 5) is 20.6. The van der Waals surface area contributed by atoms with Gasteiger partial charge >= 0.3 is 0 Å². The Kier molecular flexibility index (Phi) is 16.2. The largest absolute Gasteiger partial charge is 0.491 e. The Hall–Kier alpha value is -3.28. The fraction of sp³-hybridized carbons (Fsp3) is 0.571. The molecule has 2 aromatic carbocycles. The highest BCUT2D eigenvalue weighted by molar-refractivity contribution is 5.65. The number of ether oxygens (including phenoxy) is 4. The number of nitrogens with zero attached hydrogens (tertiary/aromatic N) is 2. The molecule has 0 amide bonds. The van der Waals surface area contributed by atoms with Crippen molar-refractivity contribution in [3.8, 4) is 5.75 Å². The zero-order valence-corrected chi connectivity index (χ0v) is 22.8. The molecular formula is C28H41N3O8. The molecule has 2 aromatic rings. The number of nitrogens with one attached hydrogen (secondary N) is 1. The van der Waals surface area contributed by atoms with Crippen molar-refractivity contribution in [1.82, 2.24) is 0 Å². The van der Waals surface area contributed by atoms with E-state index in [2.05, 4.69) is 24.4 Å². The van der Waals surface area contributed by atoms with E-state index in [1.54, 1.807) is 0 Å². The number of anilines is 1. The van der Waals surface area contributed by atoms with Crippen LogP contribution in [0.15, 0.2) is 42.5 Å². The molecule has 0 aromatic heterocycles. The molecule has 2 rings (SSSR count). The van der Waals surface area contributed by atoms with Crippen LogP contribution in [0.2, 0.25) is 0 Å². The van der Waals surface area contributed by atoms with E-state index in [9.17, 15) is 20.2 Å². The number of nitro benzene ring substituents is 2. The summed E-state index contributed by atoms with van der Waals surface area (Å²) in [5.41, 5.74) is 0.863. The number of non-ortho nitro benzene ring substituents is 1. The van der Waals surface area contributed by atoms with Crippen molar-refractivity contribution in [2.75, 3.05) is 58.1 Å². The zero-order chi connectivity index (χ0) is 28.1. The van der Waals surface area contributed by atoms with Gasteiger partial charge in [-0.2, -0.15) is 0 Å². The molecule has 0 unspecified atom stereocenters. The van der Waals surface area contributed by atoms with Gasteiger partial charge < -0.3 is 24.3 Å². The molecule has 0 aliphatic rings. The second kappa shape index (κ2) is 19.7. The highest BCUT2D eigenvalue weighted by atomic mass is 16.6. The third kappa shape index (κ3) is 13.9. The summed E-state index contributed by atoms with van der Waals surface area (Å²) < 4.78 is 22.1. The topological polar surface area (TPSA) is 135 Å². The number of hydrogen-bond acceptors (Lipinski definition) is 9. The van der Waals surface area contributed by atoms with Crippen LogP contribution in [0.5, 0.6) is 5.75 Å². The Morgan fingerprint density at radius 3 is 1.97 bits per heavy atom. The number of nitro groups is 2. The van der Waals surface area contributed by atoms with Crippen LogP contribution in [0, 0.1) is 20.2 Å². The summed E-state index contributed by atoms with van der Waals surface area (Å²) in [6.45, 7) is 5.43. The van der Waals surface area contributed by atoms with Crippen molar-refractivity contribution in [2.45, 2.75) is 51.9 Å². The zero-order valence-electron chi connectivity index (χ0n) is 22.8. The lowest BCUT2D eigenvalue weighted by Crippen LogP contribution is -2.15. The highest BCUT2D eigenvalue weighted by Crippen LogP contribution is 2.28. The SMILES string of the molecule is CCCCCCCCc1ccc(OCCOCCOCCOCCNc2ccc([N+](=O)[O-])cc2[N+](=O)[O-])cc1. The van der Waals surface area contributed by atoms with Gasteiger partial charge in [-0.3, -0.25) is 20.2 Å². The Labute approximate surface area is 230 Å². The summed E-state index contributed by atoms with van der Waals surface area (Å²) in [6, 6.07) is 11.8. The average Bonchev–Trinajstić information content (AvgIpc) is 2.93. The van der Waals surface area contributed by atoms with Crippen molar-refractivity contribution >= 4 is 17.1 Å². The number of benzene rings is 2. The first kappa shape index (κ1) is 31.9. The van der Waals surface area contributed by atoms with Crippen molar-refractivity contribution in [3.05, 3.63) is 68.3 Å². The van der Waals surface area contributed by atoms with Gasteiger partial charge in [-0.05, 0) is 36.6 Å². The normalized spacial score (nSPS) is 10.9. The first-order valence-electron chi connectivity index (χ1n) is 13.6. The molecule has 0 atom stereocenters. The third-order valence-electron chi connectivity index (χ3n) is 5.93. The van der Waals surface area contributed by atoms with Crippen LogP contribution in [-0.2, 0) is 20.6 Å². The average molecular weight is 548 g/mol. The predicted octanol–water partition coefficient (Wildman–Crippen LogP) is 5.95. The van der Waals surface area contributed by atoms with Gasteiger partial charge in [0.2, 0.25) is 0 Å². The maximum atomic E-state index is 11.1. The first-order chi connectivity index (χ1) is 19.0. The van der Waals surface area contributed by atoms with E-state index < -0.39 is 9.85 Å². The van der Waals surface area contributed by atoms with Gasteiger partial charge in [0.1, 0.15) is 18.0 Å². The van der Waals surface area contributed by atoms with Crippen LogP contribution in [0.4, 0.5) is 17.1 Å². The summed E-state index contributed by atoms with van der Waals surface area (Å²) in [5, 5.41) is 24.8. The molecule has 0 aliphatic carbocycles. The van der Waals surface area contributed by atoms with Crippen molar-refractivity contribution < 1.29 is 28.8 Å². The van der Waals surface area contributed by atoms with Gasteiger partial charge in [0.15, 0.2) is 0 Å². The molecule has 39 heavy (non-hydrogen) atoms. The van der Waals surface area contributed by atoms with E-state index in [0.717, 1.165) is 18.2 Å². The smallest absolute Gasteiger partial charge is 0.299 e. The van der Waals surface area contributed by atoms with Gasteiger partial charge in [-0.1, -0.05) is 51.2 Å².